The largest absolute Gasteiger partial charge is 0.505 e. The van der Waals surface area contributed by atoms with Crippen molar-refractivity contribution >= 4 is 19.8 Å². The van der Waals surface area contributed by atoms with Crippen LogP contribution >= 0.6 is 7.82 Å². The van der Waals surface area contributed by atoms with Crippen LogP contribution in [0.15, 0.2) is 0 Å². The zero-order chi connectivity index (χ0) is 9.07. The molecule has 64 valence electrons. The molecule has 0 aromatic rings. The second kappa shape index (κ2) is 3.44. The van der Waals surface area contributed by atoms with Crippen molar-refractivity contribution < 1.29 is 38.6 Å². The van der Waals surface area contributed by atoms with Crippen LogP contribution in [0.3, 0.4) is 0 Å². The maximum atomic E-state index is 9.90. The van der Waals surface area contributed by atoms with Crippen LogP contribution in [0.5, 0.6) is 0 Å². The fraction of sp³-hybridized carbons (Fsp3) is 0. The molecule has 0 bridgehead atoms. The Labute approximate surface area is 59.5 Å². The average molecular weight is 186 g/mol. The molecule has 0 aliphatic heterocycles. The van der Waals surface area contributed by atoms with E-state index in [2.05, 4.69) is 9.56 Å². The Hall–Kier alpha value is -0.950. The Morgan fingerprint density at radius 2 is 1.73 bits per heavy atom. The lowest BCUT2D eigenvalue weighted by Gasteiger charge is -1.99. The average Bonchev–Trinajstić information content (AvgIpc) is 1.80. The molecule has 0 aliphatic carbocycles. The van der Waals surface area contributed by atoms with Crippen molar-refractivity contribution in [1.29, 1.82) is 0 Å². The van der Waals surface area contributed by atoms with E-state index in [1.807, 2.05) is 0 Å². The number of aliphatic carboxylic acids is 1. The Balaban J connectivity index is 3.82. The van der Waals surface area contributed by atoms with Crippen LogP contribution in [-0.2, 0) is 23.7 Å². The van der Waals surface area contributed by atoms with Gasteiger partial charge in [0.1, 0.15) is 0 Å². The molecule has 0 saturated heterocycles. The first-order valence-corrected chi connectivity index (χ1v) is 3.55. The molecular formula is C2H3O8P. The normalized spacial score (nSPS) is 10.7. The van der Waals surface area contributed by atoms with Crippen molar-refractivity contribution in [2.75, 3.05) is 0 Å². The van der Waals surface area contributed by atoms with E-state index in [1.54, 1.807) is 0 Å². The third-order valence-corrected chi connectivity index (χ3v) is 0.653. The van der Waals surface area contributed by atoms with Crippen LogP contribution in [0.25, 0.3) is 0 Å². The van der Waals surface area contributed by atoms with Crippen molar-refractivity contribution in [1.82, 2.24) is 0 Å². The minimum Gasteiger partial charge on any atom is -0.473 e. The number of hydrogen-bond donors (Lipinski definition) is 3. The van der Waals surface area contributed by atoms with Crippen LogP contribution in [0.2, 0.25) is 0 Å². The molecule has 11 heavy (non-hydrogen) atoms. The number of carboxylic acid groups (broad SMARTS) is 1. The summed E-state index contributed by atoms with van der Waals surface area (Å²) >= 11 is 0. The highest BCUT2D eigenvalue weighted by Gasteiger charge is 2.22. The van der Waals surface area contributed by atoms with Gasteiger partial charge in [-0.2, -0.15) is 0 Å². The summed E-state index contributed by atoms with van der Waals surface area (Å²) in [6.07, 6.45) is 0. The Bertz CT molecular complexity index is 212. The number of carbonyl (C=O) groups excluding carboxylic acids is 1. The van der Waals surface area contributed by atoms with Gasteiger partial charge in [0.15, 0.2) is 0 Å². The van der Waals surface area contributed by atoms with E-state index in [-0.39, 0.29) is 0 Å². The van der Waals surface area contributed by atoms with Gasteiger partial charge in [-0.25, -0.2) is 14.2 Å². The van der Waals surface area contributed by atoms with Gasteiger partial charge in [0.25, 0.3) is 0 Å². The molecule has 8 nitrogen and oxygen atoms in total. The predicted molar refractivity (Wildman–Crippen MR) is 26.9 cm³/mol. The summed E-state index contributed by atoms with van der Waals surface area (Å²) in [6.45, 7) is 0. The van der Waals surface area contributed by atoms with E-state index in [4.69, 9.17) is 14.9 Å². The van der Waals surface area contributed by atoms with Crippen molar-refractivity contribution in [3.05, 3.63) is 0 Å². The monoisotopic (exact) mass is 186 g/mol. The number of carbonyl (C=O) groups is 2. The van der Waals surface area contributed by atoms with E-state index < -0.39 is 19.8 Å². The second-order valence-corrected chi connectivity index (χ2v) is 2.37. The summed E-state index contributed by atoms with van der Waals surface area (Å²) in [7, 11) is -4.97. The van der Waals surface area contributed by atoms with Crippen LogP contribution in [0.1, 0.15) is 0 Å². The first-order chi connectivity index (χ1) is 4.83. The Morgan fingerprint density at radius 1 is 1.27 bits per heavy atom. The molecule has 9 heteroatoms. The van der Waals surface area contributed by atoms with Crippen molar-refractivity contribution in [2.45, 2.75) is 0 Å². The van der Waals surface area contributed by atoms with Gasteiger partial charge < -0.3 is 14.9 Å². The maximum Gasteiger partial charge on any atom is 0.505 e. The van der Waals surface area contributed by atoms with Crippen molar-refractivity contribution in [3.63, 3.8) is 0 Å². The van der Waals surface area contributed by atoms with Gasteiger partial charge in [0.2, 0.25) is 0 Å². The number of hydrogen-bond acceptors (Lipinski definition) is 5. The molecule has 0 unspecified atom stereocenters. The maximum absolute atomic E-state index is 9.90. The van der Waals surface area contributed by atoms with E-state index in [0.717, 1.165) is 0 Å². The van der Waals surface area contributed by atoms with Crippen LogP contribution in [-0.4, -0.2) is 26.8 Å². The molecule has 0 fully saturated rings. The minimum absolute atomic E-state index is 1.91. The molecule has 0 radical (unpaired) electrons. The van der Waals surface area contributed by atoms with Gasteiger partial charge in [-0.05, 0) is 0 Å². The van der Waals surface area contributed by atoms with E-state index in [9.17, 15) is 14.2 Å². The fourth-order valence-corrected chi connectivity index (χ4v) is 0.283. The molecule has 0 atom stereocenters. The molecule has 0 aliphatic rings. The van der Waals surface area contributed by atoms with Gasteiger partial charge in [0.05, 0.1) is 0 Å². The van der Waals surface area contributed by atoms with Crippen molar-refractivity contribution in [3.8, 4) is 0 Å². The molecule has 0 heterocycles. The number of phosphoric acid groups is 1. The molecule has 0 aromatic heterocycles. The Morgan fingerprint density at radius 3 is 2.00 bits per heavy atom. The molecule has 3 N–H and O–H groups in total. The van der Waals surface area contributed by atoms with E-state index in [0.29, 0.717) is 0 Å². The molecular weight excluding hydrogens is 183 g/mol. The third-order valence-electron chi connectivity index (χ3n) is 0.385. The van der Waals surface area contributed by atoms with Crippen LogP contribution < -0.4 is 0 Å². The highest BCUT2D eigenvalue weighted by Crippen LogP contribution is 2.35. The first kappa shape index (κ1) is 10.0. The highest BCUT2D eigenvalue weighted by molar-refractivity contribution is 7.46. The second-order valence-electron chi connectivity index (χ2n) is 1.24. The van der Waals surface area contributed by atoms with Crippen LogP contribution in [0, 0.1) is 0 Å². The lowest BCUT2D eigenvalue weighted by Crippen LogP contribution is -2.15. The SMILES string of the molecule is O=C(O)C(=O)OOP(=O)(O)O. The van der Waals surface area contributed by atoms with E-state index >= 15 is 0 Å². The first-order valence-electron chi connectivity index (χ1n) is 2.02. The summed E-state index contributed by atoms with van der Waals surface area (Å²) in [5.41, 5.74) is 0. The molecule has 0 spiro atoms. The summed E-state index contributed by atoms with van der Waals surface area (Å²) in [5.74, 6) is -3.92. The lowest BCUT2D eigenvalue weighted by atomic mass is 10.7. The zero-order valence-electron chi connectivity index (χ0n) is 4.83. The molecule has 0 amide bonds. The molecule has 0 rings (SSSR count). The minimum atomic E-state index is -4.97. The smallest absolute Gasteiger partial charge is 0.473 e. The van der Waals surface area contributed by atoms with Gasteiger partial charge in [-0.15, -0.1) is 0 Å². The van der Waals surface area contributed by atoms with Crippen LogP contribution in [0.4, 0.5) is 0 Å². The zero-order valence-corrected chi connectivity index (χ0v) is 5.72. The molecule has 0 aromatic carbocycles. The quantitative estimate of drug-likeness (QED) is 0.208. The third kappa shape index (κ3) is 5.49. The van der Waals surface area contributed by atoms with Gasteiger partial charge in [-0.3, -0.25) is 4.89 Å². The van der Waals surface area contributed by atoms with E-state index in [1.165, 1.54) is 0 Å². The standard InChI is InChI=1S/C2H3O8P/c3-1(4)2(5)9-10-11(6,7)8/h(H,3,4)(H2,6,7,8). The Kier molecular flexibility index (Phi) is 3.15. The summed E-state index contributed by atoms with van der Waals surface area (Å²) < 4.78 is 12.8. The summed E-state index contributed by atoms with van der Waals surface area (Å²) in [4.78, 5) is 38.4. The topological polar surface area (TPSA) is 130 Å². The lowest BCUT2D eigenvalue weighted by molar-refractivity contribution is -0.224. The number of carboxylic acids is 1. The highest BCUT2D eigenvalue weighted by atomic mass is 31.2. The van der Waals surface area contributed by atoms with Crippen molar-refractivity contribution in [2.24, 2.45) is 0 Å². The van der Waals surface area contributed by atoms with Gasteiger partial charge in [0, 0.05) is 0 Å². The van der Waals surface area contributed by atoms with Gasteiger partial charge in [-0.1, -0.05) is 4.67 Å². The number of rotatable bonds is 2. The summed E-state index contributed by atoms with van der Waals surface area (Å²) in [5, 5.41) is 7.77. The molecule has 0 saturated carbocycles. The predicted octanol–water partition coefficient (Wildman–Crippen LogP) is -1.36. The van der Waals surface area contributed by atoms with Gasteiger partial charge >= 0.3 is 19.8 Å². The fourth-order valence-electron chi connectivity index (χ4n) is 0.118. The summed E-state index contributed by atoms with van der Waals surface area (Å²) in [6, 6.07) is 0.